The summed E-state index contributed by atoms with van der Waals surface area (Å²) in [4.78, 5) is 0. The van der Waals surface area contributed by atoms with Gasteiger partial charge in [-0.3, -0.25) is 0 Å². The summed E-state index contributed by atoms with van der Waals surface area (Å²) in [5.74, 6) is 0. The molecule has 1 aromatic carbocycles. The first-order valence-corrected chi connectivity index (χ1v) is 5.88. The second-order valence-corrected chi connectivity index (χ2v) is 4.98. The van der Waals surface area contributed by atoms with Gasteiger partial charge in [-0.05, 0) is 37.3 Å². The van der Waals surface area contributed by atoms with Crippen LogP contribution in [0.1, 0.15) is 25.5 Å². The number of nitrogens with zero attached hydrogens (tertiary/aromatic N) is 1. The fraction of sp³-hybridized carbons (Fsp3) is 0.429. The number of hydrogen-bond acceptors (Lipinski definition) is 1. The summed E-state index contributed by atoms with van der Waals surface area (Å²) < 4.78 is 2.23. The predicted molar refractivity (Wildman–Crippen MR) is 65.5 cm³/mol. The normalized spacial score (nSPS) is 19.9. The van der Waals surface area contributed by atoms with Crippen molar-refractivity contribution < 1.29 is 5.11 Å². The summed E-state index contributed by atoms with van der Waals surface area (Å²) in [6.07, 6.45) is 1.96. The zero-order valence-corrected chi connectivity index (χ0v) is 9.77. The number of aliphatic hydroxyl groups is 1. The lowest BCUT2D eigenvalue weighted by Crippen LogP contribution is -2.24. The van der Waals surface area contributed by atoms with Crippen LogP contribution in [0.4, 0.5) is 0 Å². The predicted octanol–water partition coefficient (Wildman–Crippen LogP) is 2.59. The van der Waals surface area contributed by atoms with Gasteiger partial charge in [0.25, 0.3) is 0 Å². The minimum absolute atomic E-state index is 0.0216. The minimum atomic E-state index is -0.254. The van der Waals surface area contributed by atoms with E-state index in [0.717, 1.165) is 12.8 Å². The highest BCUT2D eigenvalue weighted by Gasteiger charge is 2.50. The highest BCUT2D eigenvalue weighted by atomic mass is 16.3. The summed E-state index contributed by atoms with van der Waals surface area (Å²) in [5.41, 5.74) is 2.56. The summed E-state index contributed by atoms with van der Waals surface area (Å²) in [6, 6.07) is 10.6. The molecule has 0 aliphatic heterocycles. The zero-order valence-electron chi connectivity index (χ0n) is 9.77. The van der Waals surface area contributed by atoms with Crippen molar-refractivity contribution in [1.29, 1.82) is 0 Å². The van der Waals surface area contributed by atoms with E-state index in [9.17, 15) is 5.11 Å². The van der Waals surface area contributed by atoms with E-state index in [2.05, 4.69) is 41.9 Å². The smallest absolute Gasteiger partial charge is 0.0623 e. The van der Waals surface area contributed by atoms with Gasteiger partial charge in [0.05, 0.1) is 6.10 Å². The van der Waals surface area contributed by atoms with Gasteiger partial charge in [0.2, 0.25) is 0 Å². The van der Waals surface area contributed by atoms with Crippen LogP contribution < -0.4 is 0 Å². The molecule has 2 aromatic rings. The van der Waals surface area contributed by atoms with E-state index in [0.29, 0.717) is 0 Å². The fourth-order valence-electron chi connectivity index (χ4n) is 2.79. The number of aryl methyl sites for hydroxylation is 1. The van der Waals surface area contributed by atoms with Crippen LogP contribution in [-0.2, 0) is 12.5 Å². The molecule has 1 fully saturated rings. The molecule has 1 aliphatic carbocycles. The molecule has 1 aromatic heterocycles. The fourth-order valence-corrected chi connectivity index (χ4v) is 2.79. The SMILES string of the molecule is CC(O)C1(c2cc3ccccc3n2C)CC1. The maximum atomic E-state index is 9.93. The molecule has 2 nitrogen and oxygen atoms in total. The van der Waals surface area contributed by atoms with Gasteiger partial charge in [0, 0.05) is 23.7 Å². The number of rotatable bonds is 2. The van der Waals surface area contributed by atoms with Crippen LogP contribution >= 0.6 is 0 Å². The molecular weight excluding hydrogens is 198 g/mol. The van der Waals surface area contributed by atoms with Gasteiger partial charge in [-0.15, -0.1) is 0 Å². The second kappa shape index (κ2) is 3.11. The molecule has 3 rings (SSSR count). The Kier molecular flexibility index (Phi) is 1.93. The first-order valence-electron chi connectivity index (χ1n) is 5.88. The van der Waals surface area contributed by atoms with Crippen molar-refractivity contribution in [3.8, 4) is 0 Å². The van der Waals surface area contributed by atoms with E-state index in [-0.39, 0.29) is 11.5 Å². The van der Waals surface area contributed by atoms with Gasteiger partial charge < -0.3 is 9.67 Å². The third kappa shape index (κ3) is 1.17. The van der Waals surface area contributed by atoms with Crippen molar-refractivity contribution in [2.45, 2.75) is 31.3 Å². The molecule has 1 atom stereocenters. The Bertz CT molecular complexity index is 535. The number of hydrogen-bond donors (Lipinski definition) is 1. The van der Waals surface area contributed by atoms with Crippen LogP contribution in [-0.4, -0.2) is 15.8 Å². The van der Waals surface area contributed by atoms with E-state index < -0.39 is 0 Å². The Morgan fingerprint density at radius 1 is 1.31 bits per heavy atom. The van der Waals surface area contributed by atoms with Crippen LogP contribution in [0, 0.1) is 0 Å². The topological polar surface area (TPSA) is 25.2 Å². The van der Waals surface area contributed by atoms with Gasteiger partial charge >= 0.3 is 0 Å². The number of benzene rings is 1. The summed E-state index contributed by atoms with van der Waals surface area (Å²) in [6.45, 7) is 1.91. The summed E-state index contributed by atoms with van der Waals surface area (Å²) >= 11 is 0. The number of aliphatic hydroxyl groups excluding tert-OH is 1. The third-order valence-corrected chi connectivity index (χ3v) is 4.05. The van der Waals surface area contributed by atoms with Crippen molar-refractivity contribution in [3.63, 3.8) is 0 Å². The van der Waals surface area contributed by atoms with Gasteiger partial charge in [-0.25, -0.2) is 0 Å². The number of para-hydroxylation sites is 1. The van der Waals surface area contributed by atoms with E-state index >= 15 is 0 Å². The number of aromatic nitrogens is 1. The van der Waals surface area contributed by atoms with Crippen molar-refractivity contribution in [3.05, 3.63) is 36.0 Å². The minimum Gasteiger partial charge on any atom is -0.392 e. The second-order valence-electron chi connectivity index (χ2n) is 4.98. The van der Waals surface area contributed by atoms with Crippen LogP contribution in [0.3, 0.4) is 0 Å². The maximum absolute atomic E-state index is 9.93. The largest absolute Gasteiger partial charge is 0.392 e. The van der Waals surface area contributed by atoms with Gasteiger partial charge in [0.1, 0.15) is 0 Å². The highest BCUT2D eigenvalue weighted by molar-refractivity contribution is 5.81. The standard InChI is InChI=1S/C14H17NO/c1-10(16)14(7-8-14)13-9-11-5-3-4-6-12(11)15(13)2/h3-6,9-10,16H,7-8H2,1-2H3. The first-order chi connectivity index (χ1) is 7.65. The Labute approximate surface area is 95.5 Å². The van der Waals surface area contributed by atoms with Crippen molar-refractivity contribution in [2.75, 3.05) is 0 Å². The molecule has 1 unspecified atom stereocenters. The molecule has 2 heteroatoms. The van der Waals surface area contributed by atoms with Crippen LogP contribution in [0.2, 0.25) is 0 Å². The average Bonchev–Trinajstić information content (AvgIpc) is 3.01. The zero-order chi connectivity index (χ0) is 11.3. The van der Waals surface area contributed by atoms with Gasteiger partial charge in [-0.1, -0.05) is 18.2 Å². The van der Waals surface area contributed by atoms with Gasteiger partial charge in [0.15, 0.2) is 0 Å². The van der Waals surface area contributed by atoms with E-state index in [1.165, 1.54) is 16.6 Å². The number of fused-ring (bicyclic) bond motifs is 1. The Hall–Kier alpha value is -1.28. The lowest BCUT2D eigenvalue weighted by atomic mass is 9.96. The van der Waals surface area contributed by atoms with Gasteiger partial charge in [-0.2, -0.15) is 0 Å². The first kappa shape index (κ1) is 9.91. The molecular formula is C14H17NO. The van der Waals surface area contributed by atoms with Crippen LogP contribution in [0.15, 0.2) is 30.3 Å². The lowest BCUT2D eigenvalue weighted by Gasteiger charge is -2.19. The molecule has 16 heavy (non-hydrogen) atoms. The molecule has 0 amide bonds. The molecule has 0 spiro atoms. The van der Waals surface area contributed by atoms with Crippen LogP contribution in [0.5, 0.6) is 0 Å². The third-order valence-electron chi connectivity index (χ3n) is 4.05. The Morgan fingerprint density at radius 3 is 2.56 bits per heavy atom. The molecule has 0 saturated heterocycles. The molecule has 1 heterocycles. The van der Waals surface area contributed by atoms with Crippen molar-refractivity contribution in [1.82, 2.24) is 4.57 Å². The molecule has 1 saturated carbocycles. The lowest BCUT2D eigenvalue weighted by molar-refractivity contribution is 0.147. The maximum Gasteiger partial charge on any atom is 0.0623 e. The quantitative estimate of drug-likeness (QED) is 0.818. The molecule has 0 radical (unpaired) electrons. The molecule has 84 valence electrons. The van der Waals surface area contributed by atoms with Crippen molar-refractivity contribution in [2.24, 2.45) is 7.05 Å². The molecule has 1 N–H and O–H groups in total. The monoisotopic (exact) mass is 215 g/mol. The average molecular weight is 215 g/mol. The Morgan fingerprint density at radius 2 is 2.00 bits per heavy atom. The summed E-state index contributed by atoms with van der Waals surface area (Å²) in [7, 11) is 2.10. The van der Waals surface area contributed by atoms with E-state index in [1.54, 1.807) is 0 Å². The summed E-state index contributed by atoms with van der Waals surface area (Å²) in [5, 5.41) is 11.2. The molecule has 1 aliphatic rings. The van der Waals surface area contributed by atoms with E-state index in [1.807, 2.05) is 6.92 Å². The van der Waals surface area contributed by atoms with Crippen LogP contribution in [0.25, 0.3) is 10.9 Å². The van der Waals surface area contributed by atoms with Crippen molar-refractivity contribution >= 4 is 10.9 Å². The molecule has 0 bridgehead atoms. The highest BCUT2D eigenvalue weighted by Crippen LogP contribution is 2.51. The van der Waals surface area contributed by atoms with E-state index in [4.69, 9.17) is 0 Å². The Balaban J connectivity index is 2.22.